The minimum absolute atomic E-state index is 0.331. The van der Waals surface area contributed by atoms with Crippen molar-refractivity contribution in [3.63, 3.8) is 0 Å². The van der Waals surface area contributed by atoms with E-state index in [0.717, 1.165) is 24.8 Å². The lowest BCUT2D eigenvalue weighted by atomic mass is 9.94. The van der Waals surface area contributed by atoms with E-state index in [1.54, 1.807) is 17.6 Å². The highest BCUT2D eigenvalue weighted by Crippen LogP contribution is 2.20. The van der Waals surface area contributed by atoms with Crippen LogP contribution in [0.3, 0.4) is 0 Å². The van der Waals surface area contributed by atoms with Crippen LogP contribution in [0.1, 0.15) is 40.0 Å². The Balaban J connectivity index is 2.70. The van der Waals surface area contributed by atoms with Gasteiger partial charge in [-0.25, -0.2) is 10.5 Å². The van der Waals surface area contributed by atoms with Gasteiger partial charge in [0.25, 0.3) is 5.91 Å². The van der Waals surface area contributed by atoms with Gasteiger partial charge in [-0.1, -0.05) is 25.5 Å². The molecule has 1 rings (SSSR count). The van der Waals surface area contributed by atoms with Gasteiger partial charge in [0.05, 0.1) is 5.57 Å². The zero-order valence-corrected chi connectivity index (χ0v) is 12.6. The van der Waals surface area contributed by atoms with Crippen LogP contribution in [0, 0.1) is 5.92 Å². The summed E-state index contributed by atoms with van der Waals surface area (Å²) in [6, 6.07) is 0. The summed E-state index contributed by atoms with van der Waals surface area (Å²) in [6.07, 6.45) is 8.49. The molecule has 1 saturated heterocycles. The van der Waals surface area contributed by atoms with Crippen LogP contribution in [0.15, 0.2) is 28.9 Å². The molecule has 0 bridgehead atoms. The molecule has 2 N–H and O–H groups in total. The van der Waals surface area contributed by atoms with Gasteiger partial charge < -0.3 is 4.90 Å². The van der Waals surface area contributed by atoms with Gasteiger partial charge in [0.15, 0.2) is 0 Å². The molecule has 1 heterocycles. The largest absolute Gasteiger partial charge is 0.360 e. The van der Waals surface area contributed by atoms with Crippen molar-refractivity contribution < 1.29 is 10.0 Å². The molecule has 0 aromatic heterocycles. The summed E-state index contributed by atoms with van der Waals surface area (Å²) < 4.78 is 0. The number of carbonyl (C=O) groups is 1. The van der Waals surface area contributed by atoms with Crippen LogP contribution in [0.5, 0.6) is 0 Å². The summed E-state index contributed by atoms with van der Waals surface area (Å²) >= 11 is 0. The highest BCUT2D eigenvalue weighted by Gasteiger charge is 2.18. The van der Waals surface area contributed by atoms with Gasteiger partial charge in [-0.05, 0) is 32.6 Å². The molecule has 0 saturated carbocycles. The van der Waals surface area contributed by atoms with Crippen LogP contribution in [0.2, 0.25) is 0 Å². The standard InChI is InChI=1S/C15H25N3O2/c1-4-6-14(15(19)17-20)11-16-12(3)18-9-7-13(5-2)8-10-18/h4,6,11,13,20H,5,7-10H2,1-3H3,(H,17,19)/b6-4?,14-11+,16-12?. The molecule has 20 heavy (non-hydrogen) atoms. The van der Waals surface area contributed by atoms with Crippen molar-refractivity contribution >= 4 is 11.7 Å². The third-order valence-corrected chi connectivity index (χ3v) is 3.75. The monoisotopic (exact) mass is 279 g/mol. The highest BCUT2D eigenvalue weighted by atomic mass is 16.5. The fourth-order valence-corrected chi connectivity index (χ4v) is 2.33. The summed E-state index contributed by atoms with van der Waals surface area (Å²) in [5, 5.41) is 8.67. The maximum absolute atomic E-state index is 11.4. The zero-order chi connectivity index (χ0) is 15.0. The number of nitrogens with one attached hydrogen (secondary N) is 1. The van der Waals surface area contributed by atoms with E-state index in [1.807, 2.05) is 13.8 Å². The van der Waals surface area contributed by atoms with E-state index in [-0.39, 0.29) is 0 Å². The fraction of sp³-hybridized carbons (Fsp3) is 0.600. The Bertz CT molecular complexity index is 405. The molecule has 0 unspecified atom stereocenters. The SMILES string of the molecule is CC=C/C(=C\N=C(C)N1CCC(CC)CC1)C(=O)NO. The van der Waals surface area contributed by atoms with Crippen LogP contribution in [0.25, 0.3) is 0 Å². The van der Waals surface area contributed by atoms with Gasteiger partial charge in [0, 0.05) is 19.3 Å². The number of hydrogen-bond acceptors (Lipinski definition) is 3. The number of nitrogens with zero attached hydrogens (tertiary/aromatic N) is 2. The molecule has 112 valence electrons. The molecule has 0 aromatic carbocycles. The molecule has 5 heteroatoms. The molecule has 0 spiro atoms. The Morgan fingerprint density at radius 2 is 2.10 bits per heavy atom. The van der Waals surface area contributed by atoms with Gasteiger partial charge in [0.2, 0.25) is 0 Å². The normalized spacial score (nSPS) is 18.7. The molecule has 0 aromatic rings. The lowest BCUT2D eigenvalue weighted by Gasteiger charge is -2.32. The Labute approximate surface area is 121 Å². The van der Waals surface area contributed by atoms with E-state index < -0.39 is 5.91 Å². The van der Waals surface area contributed by atoms with E-state index in [1.165, 1.54) is 25.5 Å². The number of amides is 1. The predicted molar refractivity (Wildman–Crippen MR) is 80.5 cm³/mol. The van der Waals surface area contributed by atoms with Crippen molar-refractivity contribution in [1.29, 1.82) is 0 Å². The van der Waals surface area contributed by atoms with E-state index in [9.17, 15) is 4.79 Å². The number of carbonyl (C=O) groups excluding carboxylic acids is 1. The second kappa shape index (κ2) is 8.53. The maximum Gasteiger partial charge on any atom is 0.276 e. The number of amidine groups is 1. The number of aliphatic imine (C=N–C) groups is 1. The van der Waals surface area contributed by atoms with Crippen molar-refractivity contribution in [3.8, 4) is 0 Å². The van der Waals surface area contributed by atoms with Crippen LogP contribution in [0.4, 0.5) is 0 Å². The Morgan fingerprint density at radius 1 is 1.45 bits per heavy atom. The third-order valence-electron chi connectivity index (χ3n) is 3.75. The van der Waals surface area contributed by atoms with Gasteiger partial charge in [-0.2, -0.15) is 0 Å². The quantitative estimate of drug-likeness (QED) is 0.207. The van der Waals surface area contributed by atoms with E-state index in [4.69, 9.17) is 5.21 Å². The number of hydroxylamine groups is 1. The fourth-order valence-electron chi connectivity index (χ4n) is 2.33. The second-order valence-corrected chi connectivity index (χ2v) is 5.04. The first kappa shape index (κ1) is 16.4. The molecule has 5 nitrogen and oxygen atoms in total. The third kappa shape index (κ3) is 4.81. The van der Waals surface area contributed by atoms with Gasteiger partial charge in [-0.15, -0.1) is 0 Å². The van der Waals surface area contributed by atoms with Crippen molar-refractivity contribution in [2.45, 2.75) is 40.0 Å². The topological polar surface area (TPSA) is 64.9 Å². The molecule has 1 aliphatic rings. The Morgan fingerprint density at radius 3 is 2.60 bits per heavy atom. The summed E-state index contributed by atoms with van der Waals surface area (Å²) in [4.78, 5) is 18.0. The van der Waals surface area contributed by atoms with Gasteiger partial charge >= 0.3 is 0 Å². The first-order chi connectivity index (χ1) is 9.62. The smallest absolute Gasteiger partial charge is 0.276 e. The molecule has 1 fully saturated rings. The maximum atomic E-state index is 11.4. The van der Waals surface area contributed by atoms with E-state index >= 15 is 0 Å². The second-order valence-electron chi connectivity index (χ2n) is 5.04. The number of piperidine rings is 1. The van der Waals surface area contributed by atoms with Crippen molar-refractivity contribution in [3.05, 3.63) is 23.9 Å². The van der Waals surface area contributed by atoms with Crippen LogP contribution in [-0.4, -0.2) is 34.9 Å². The molecule has 0 radical (unpaired) electrons. The average Bonchev–Trinajstić information content (AvgIpc) is 2.50. The lowest BCUT2D eigenvalue weighted by molar-refractivity contribution is -0.124. The first-order valence-corrected chi connectivity index (χ1v) is 7.19. The van der Waals surface area contributed by atoms with Gasteiger partial charge in [0.1, 0.15) is 5.84 Å². The average molecular weight is 279 g/mol. The molecular formula is C15H25N3O2. The molecular weight excluding hydrogens is 254 g/mol. The first-order valence-electron chi connectivity index (χ1n) is 7.19. The van der Waals surface area contributed by atoms with Crippen molar-refractivity contribution in [2.24, 2.45) is 10.9 Å². The van der Waals surface area contributed by atoms with Gasteiger partial charge in [-0.3, -0.25) is 10.0 Å². The van der Waals surface area contributed by atoms with Crippen LogP contribution < -0.4 is 5.48 Å². The number of likely N-dealkylation sites (tertiary alicyclic amines) is 1. The summed E-state index contributed by atoms with van der Waals surface area (Å²) in [5.41, 5.74) is 1.96. The number of rotatable bonds is 4. The van der Waals surface area contributed by atoms with Crippen LogP contribution >= 0.6 is 0 Å². The predicted octanol–water partition coefficient (Wildman–Crippen LogP) is 2.49. The zero-order valence-electron chi connectivity index (χ0n) is 12.6. The van der Waals surface area contributed by atoms with Crippen molar-refractivity contribution in [2.75, 3.05) is 13.1 Å². The highest BCUT2D eigenvalue weighted by molar-refractivity contribution is 5.95. The molecule has 0 aliphatic carbocycles. The lowest BCUT2D eigenvalue weighted by Crippen LogP contribution is -2.36. The summed E-state index contributed by atoms with van der Waals surface area (Å²) in [5.74, 6) is 1.19. The molecule has 0 atom stereocenters. The molecule has 1 aliphatic heterocycles. The van der Waals surface area contributed by atoms with Crippen LogP contribution in [-0.2, 0) is 4.79 Å². The Kier molecular flexibility index (Phi) is 7.01. The summed E-state index contributed by atoms with van der Waals surface area (Å²) in [7, 11) is 0. The van der Waals surface area contributed by atoms with Crippen molar-refractivity contribution in [1.82, 2.24) is 10.4 Å². The molecule has 1 amide bonds. The Hall–Kier alpha value is -1.62. The minimum Gasteiger partial charge on any atom is -0.360 e. The number of allylic oxidation sites excluding steroid dienone is 1. The minimum atomic E-state index is -0.552. The number of hydrogen-bond donors (Lipinski definition) is 2. The summed E-state index contributed by atoms with van der Waals surface area (Å²) in [6.45, 7) is 8.04. The van der Waals surface area contributed by atoms with E-state index in [2.05, 4.69) is 16.8 Å². The van der Waals surface area contributed by atoms with E-state index in [0.29, 0.717) is 5.57 Å².